The predicted molar refractivity (Wildman–Crippen MR) is 72.5 cm³/mol. The second-order valence-corrected chi connectivity index (χ2v) is 5.70. The summed E-state index contributed by atoms with van der Waals surface area (Å²) >= 11 is 0. The summed E-state index contributed by atoms with van der Waals surface area (Å²) in [5.74, 6) is 0.659. The number of hydrogen-bond donors (Lipinski definition) is 2. The normalized spacial score (nSPS) is 19.6. The highest BCUT2D eigenvalue weighted by molar-refractivity contribution is 5.33. The summed E-state index contributed by atoms with van der Waals surface area (Å²) in [6.07, 6.45) is 0.561. The second-order valence-electron chi connectivity index (χ2n) is 5.70. The summed E-state index contributed by atoms with van der Waals surface area (Å²) < 4.78 is 5.29. The van der Waals surface area contributed by atoms with Gasteiger partial charge in [-0.2, -0.15) is 0 Å². The topological polar surface area (TPSA) is 55.5 Å². The molecule has 18 heavy (non-hydrogen) atoms. The lowest BCUT2D eigenvalue weighted by Crippen LogP contribution is -2.57. The molecular formula is C15H23NO2. The lowest BCUT2D eigenvalue weighted by Gasteiger charge is -2.45. The Kier molecular flexibility index (Phi) is 4.05. The molecule has 1 unspecified atom stereocenters. The van der Waals surface area contributed by atoms with Gasteiger partial charge in [0, 0.05) is 6.54 Å². The van der Waals surface area contributed by atoms with Gasteiger partial charge in [-0.3, -0.25) is 0 Å². The molecule has 3 heteroatoms. The van der Waals surface area contributed by atoms with Crippen molar-refractivity contribution in [2.75, 3.05) is 19.8 Å². The Balaban J connectivity index is 2.17. The van der Waals surface area contributed by atoms with Gasteiger partial charge in [0.05, 0.1) is 24.7 Å². The zero-order chi connectivity index (χ0) is 13.2. The van der Waals surface area contributed by atoms with E-state index < -0.39 is 6.10 Å². The molecule has 0 aliphatic carbocycles. The highest BCUT2D eigenvalue weighted by atomic mass is 16.5. The number of rotatable bonds is 5. The van der Waals surface area contributed by atoms with Gasteiger partial charge in [-0.15, -0.1) is 0 Å². The Morgan fingerprint density at radius 3 is 2.28 bits per heavy atom. The Labute approximate surface area is 109 Å². The average molecular weight is 249 g/mol. The third-order valence-corrected chi connectivity index (χ3v) is 3.75. The fourth-order valence-electron chi connectivity index (χ4n) is 2.54. The smallest absolute Gasteiger partial charge is 0.0803 e. The molecule has 1 saturated heterocycles. The van der Waals surface area contributed by atoms with E-state index in [1.807, 2.05) is 0 Å². The van der Waals surface area contributed by atoms with Crippen LogP contribution in [0.25, 0.3) is 0 Å². The first-order chi connectivity index (χ1) is 8.58. The molecule has 0 aromatic heterocycles. The van der Waals surface area contributed by atoms with Crippen molar-refractivity contribution in [2.24, 2.45) is 11.7 Å². The number of nitrogens with two attached hydrogens (primary N) is 1. The van der Waals surface area contributed by atoms with Crippen molar-refractivity contribution < 1.29 is 9.84 Å². The van der Waals surface area contributed by atoms with Crippen molar-refractivity contribution in [1.82, 2.24) is 0 Å². The van der Waals surface area contributed by atoms with Crippen LogP contribution in [0.5, 0.6) is 0 Å². The van der Waals surface area contributed by atoms with E-state index >= 15 is 0 Å². The van der Waals surface area contributed by atoms with Gasteiger partial charge in [0.1, 0.15) is 0 Å². The van der Waals surface area contributed by atoms with E-state index in [2.05, 4.69) is 38.1 Å². The Bertz CT molecular complexity index is 382. The van der Waals surface area contributed by atoms with Crippen molar-refractivity contribution >= 4 is 0 Å². The fourth-order valence-corrected chi connectivity index (χ4v) is 2.54. The summed E-state index contributed by atoms with van der Waals surface area (Å²) in [6.45, 7) is 5.83. The third kappa shape index (κ3) is 2.44. The average Bonchev–Trinajstić information content (AvgIpc) is 2.29. The van der Waals surface area contributed by atoms with Crippen LogP contribution in [0.1, 0.15) is 25.0 Å². The maximum atomic E-state index is 10.1. The number of aliphatic hydroxyl groups is 1. The maximum absolute atomic E-state index is 10.1. The van der Waals surface area contributed by atoms with E-state index in [0.717, 1.165) is 12.0 Å². The maximum Gasteiger partial charge on any atom is 0.0803 e. The summed E-state index contributed by atoms with van der Waals surface area (Å²) in [5.41, 5.74) is 7.79. The van der Waals surface area contributed by atoms with E-state index in [-0.39, 0.29) is 12.0 Å². The molecule has 1 aliphatic heterocycles. The summed E-state index contributed by atoms with van der Waals surface area (Å²) in [5, 5.41) is 10.1. The van der Waals surface area contributed by atoms with Crippen molar-refractivity contribution in [3.8, 4) is 0 Å². The molecule has 2 rings (SSSR count). The minimum Gasteiger partial charge on any atom is -0.391 e. The van der Waals surface area contributed by atoms with E-state index in [1.165, 1.54) is 5.56 Å². The van der Waals surface area contributed by atoms with Crippen LogP contribution in [-0.2, 0) is 16.6 Å². The van der Waals surface area contributed by atoms with Crippen LogP contribution >= 0.6 is 0 Å². The number of benzene rings is 1. The van der Waals surface area contributed by atoms with Gasteiger partial charge < -0.3 is 15.6 Å². The van der Waals surface area contributed by atoms with Crippen LogP contribution in [0.2, 0.25) is 0 Å². The van der Waals surface area contributed by atoms with Crippen LogP contribution in [0.15, 0.2) is 24.3 Å². The Hall–Kier alpha value is -0.900. The van der Waals surface area contributed by atoms with Crippen molar-refractivity contribution in [2.45, 2.75) is 31.8 Å². The van der Waals surface area contributed by atoms with Crippen LogP contribution in [0.4, 0.5) is 0 Å². The number of hydrogen-bond acceptors (Lipinski definition) is 3. The van der Waals surface area contributed by atoms with Gasteiger partial charge in [0.25, 0.3) is 0 Å². The molecule has 0 bridgehead atoms. The predicted octanol–water partition coefficient (Wildman–Crippen LogP) is 1.47. The van der Waals surface area contributed by atoms with Crippen LogP contribution in [0.3, 0.4) is 0 Å². The molecule has 3 nitrogen and oxygen atoms in total. The van der Waals surface area contributed by atoms with Crippen molar-refractivity contribution in [3.63, 3.8) is 0 Å². The summed E-state index contributed by atoms with van der Waals surface area (Å²) in [7, 11) is 0. The van der Waals surface area contributed by atoms with Crippen molar-refractivity contribution in [1.29, 1.82) is 0 Å². The van der Waals surface area contributed by atoms with Gasteiger partial charge in [-0.05, 0) is 23.5 Å². The van der Waals surface area contributed by atoms with E-state index in [1.54, 1.807) is 0 Å². The molecule has 1 aromatic rings. The zero-order valence-corrected chi connectivity index (χ0v) is 11.2. The van der Waals surface area contributed by atoms with Gasteiger partial charge >= 0.3 is 0 Å². The first-order valence-corrected chi connectivity index (χ1v) is 6.64. The summed E-state index contributed by atoms with van der Waals surface area (Å²) in [4.78, 5) is 0. The molecule has 1 aliphatic rings. The van der Waals surface area contributed by atoms with Crippen LogP contribution < -0.4 is 5.73 Å². The van der Waals surface area contributed by atoms with Crippen LogP contribution in [-0.4, -0.2) is 31.0 Å². The van der Waals surface area contributed by atoms with E-state index in [4.69, 9.17) is 10.5 Å². The zero-order valence-electron chi connectivity index (χ0n) is 11.2. The molecule has 0 saturated carbocycles. The highest BCUT2D eigenvalue weighted by Crippen LogP contribution is 2.35. The molecule has 0 amide bonds. The quantitative estimate of drug-likeness (QED) is 0.831. The van der Waals surface area contributed by atoms with E-state index in [0.29, 0.717) is 19.1 Å². The minimum atomic E-state index is -0.526. The molecular weight excluding hydrogens is 226 g/mol. The molecule has 1 fully saturated rings. The largest absolute Gasteiger partial charge is 0.391 e. The minimum absolute atomic E-state index is 0.275. The molecule has 0 spiro atoms. The van der Waals surface area contributed by atoms with Gasteiger partial charge in [-0.1, -0.05) is 38.1 Å². The SMILES string of the molecule is CC(C)Cc1ccc(C2(C(O)CN)COC2)cc1. The fraction of sp³-hybridized carbons (Fsp3) is 0.600. The summed E-state index contributed by atoms with van der Waals surface area (Å²) in [6, 6.07) is 8.52. The number of ether oxygens (including phenoxy) is 1. The molecule has 1 atom stereocenters. The molecule has 100 valence electrons. The molecule has 1 aromatic carbocycles. The molecule has 1 heterocycles. The lowest BCUT2D eigenvalue weighted by molar-refractivity contribution is -0.116. The van der Waals surface area contributed by atoms with Gasteiger partial charge in [0.15, 0.2) is 0 Å². The van der Waals surface area contributed by atoms with Crippen LogP contribution in [0, 0.1) is 5.92 Å². The van der Waals surface area contributed by atoms with E-state index in [9.17, 15) is 5.11 Å². The Morgan fingerprint density at radius 2 is 1.89 bits per heavy atom. The molecule has 0 radical (unpaired) electrons. The third-order valence-electron chi connectivity index (χ3n) is 3.75. The Morgan fingerprint density at radius 1 is 1.28 bits per heavy atom. The van der Waals surface area contributed by atoms with Gasteiger partial charge in [0.2, 0.25) is 0 Å². The lowest BCUT2D eigenvalue weighted by atomic mass is 9.73. The first kappa shape index (κ1) is 13.5. The van der Waals surface area contributed by atoms with Gasteiger partial charge in [-0.25, -0.2) is 0 Å². The first-order valence-electron chi connectivity index (χ1n) is 6.64. The standard InChI is InChI=1S/C15H23NO2/c1-11(2)7-12-3-5-13(6-4-12)15(9-18-10-15)14(17)8-16/h3-6,11,14,17H,7-10,16H2,1-2H3. The number of aliphatic hydroxyl groups excluding tert-OH is 1. The molecule has 3 N–H and O–H groups in total. The monoisotopic (exact) mass is 249 g/mol. The highest BCUT2D eigenvalue weighted by Gasteiger charge is 2.45. The van der Waals surface area contributed by atoms with Crippen molar-refractivity contribution in [3.05, 3.63) is 35.4 Å². The second kappa shape index (κ2) is 5.39.